The van der Waals surface area contributed by atoms with E-state index in [1.165, 1.54) is 0 Å². The average molecular weight is 615 g/mol. The number of nitrogens with zero attached hydrogens (tertiary/aromatic N) is 2. The van der Waals surface area contributed by atoms with Crippen LogP contribution in [0, 0.1) is 6.92 Å². The van der Waals surface area contributed by atoms with Gasteiger partial charge in [-0.25, -0.2) is 4.39 Å². The molecular formula is C27H36Cl2F4N2O5. The second-order valence-electron chi connectivity index (χ2n) is 8.46. The minimum absolute atomic E-state index is 0.0304. The molecule has 226 valence electrons. The molecular weight excluding hydrogens is 579 g/mol. The first-order chi connectivity index (χ1) is 18.8. The molecule has 0 saturated heterocycles. The van der Waals surface area contributed by atoms with E-state index in [4.69, 9.17) is 33.4 Å². The SMILES string of the molecule is C/C=C(\C)CF.CO.CO.Cc1cc(C(F)(F)F)cnc1CCCC(=O)N1CCc2c(Cl)c(O)c(O)c(Cl)c2C1. The van der Waals surface area contributed by atoms with Crippen molar-refractivity contribution in [3.63, 3.8) is 0 Å². The lowest BCUT2D eigenvalue weighted by molar-refractivity contribution is -0.138. The van der Waals surface area contributed by atoms with Gasteiger partial charge in [0.05, 0.1) is 15.6 Å². The Bertz CT molecular complexity index is 1150. The lowest BCUT2D eigenvalue weighted by Crippen LogP contribution is -2.36. The number of halogens is 6. The Kier molecular flexibility index (Phi) is 16.8. The zero-order chi connectivity index (χ0) is 31.2. The van der Waals surface area contributed by atoms with Crippen LogP contribution < -0.4 is 0 Å². The second-order valence-corrected chi connectivity index (χ2v) is 9.21. The van der Waals surface area contributed by atoms with E-state index >= 15 is 0 Å². The molecule has 2 aromatic rings. The Morgan fingerprint density at radius 2 is 1.65 bits per heavy atom. The number of fused-ring (bicyclic) bond motifs is 1. The van der Waals surface area contributed by atoms with Gasteiger partial charge < -0.3 is 25.3 Å². The van der Waals surface area contributed by atoms with E-state index in [1.807, 2.05) is 6.92 Å². The molecule has 0 fully saturated rings. The van der Waals surface area contributed by atoms with Crippen molar-refractivity contribution in [3.8, 4) is 11.5 Å². The molecule has 0 unspecified atom stereocenters. The largest absolute Gasteiger partial charge is 0.503 e. The van der Waals surface area contributed by atoms with E-state index in [0.717, 1.165) is 32.1 Å². The van der Waals surface area contributed by atoms with E-state index in [9.17, 15) is 32.6 Å². The predicted molar refractivity (Wildman–Crippen MR) is 148 cm³/mol. The monoisotopic (exact) mass is 614 g/mol. The van der Waals surface area contributed by atoms with Crippen LogP contribution >= 0.6 is 23.2 Å². The summed E-state index contributed by atoms with van der Waals surface area (Å²) in [5, 5.41) is 33.7. The number of alkyl halides is 4. The lowest BCUT2D eigenvalue weighted by atomic mass is 9.98. The van der Waals surface area contributed by atoms with Crippen molar-refractivity contribution < 1.29 is 42.8 Å². The average Bonchev–Trinajstić information content (AvgIpc) is 2.96. The van der Waals surface area contributed by atoms with Crippen LogP contribution in [0.15, 0.2) is 23.9 Å². The number of benzene rings is 1. The summed E-state index contributed by atoms with van der Waals surface area (Å²) >= 11 is 12.2. The minimum Gasteiger partial charge on any atom is -0.503 e. The number of amides is 1. The first-order valence-corrected chi connectivity index (χ1v) is 12.9. The van der Waals surface area contributed by atoms with Crippen LogP contribution in [0.2, 0.25) is 10.0 Å². The third-order valence-corrected chi connectivity index (χ3v) is 6.70. The Labute approximate surface area is 241 Å². The fraction of sp³-hybridized carbons (Fsp3) is 0.481. The molecule has 0 saturated carbocycles. The third kappa shape index (κ3) is 10.4. The number of allylic oxidation sites excluding steroid dienone is 2. The number of aliphatic hydroxyl groups excluding tert-OH is 2. The van der Waals surface area contributed by atoms with Crippen molar-refractivity contribution in [1.29, 1.82) is 0 Å². The highest BCUT2D eigenvalue weighted by Crippen LogP contribution is 2.46. The van der Waals surface area contributed by atoms with E-state index in [0.29, 0.717) is 48.2 Å². The highest BCUT2D eigenvalue weighted by molar-refractivity contribution is 6.36. The maximum Gasteiger partial charge on any atom is 0.417 e. The number of phenols is 2. The van der Waals surface area contributed by atoms with Gasteiger partial charge in [-0.05, 0) is 68.4 Å². The number of aromatic nitrogens is 1. The van der Waals surface area contributed by atoms with Gasteiger partial charge in [-0.15, -0.1) is 0 Å². The maximum atomic E-state index is 12.7. The molecule has 1 aromatic carbocycles. The van der Waals surface area contributed by atoms with Gasteiger partial charge in [-0.3, -0.25) is 9.78 Å². The normalized spacial score (nSPS) is 12.6. The van der Waals surface area contributed by atoms with E-state index in [1.54, 1.807) is 24.8 Å². The minimum atomic E-state index is -4.44. The molecule has 0 aliphatic carbocycles. The number of pyridine rings is 1. The van der Waals surface area contributed by atoms with Gasteiger partial charge in [0.25, 0.3) is 0 Å². The summed E-state index contributed by atoms with van der Waals surface area (Å²) in [6.07, 6.45) is -0.496. The number of hydrogen-bond acceptors (Lipinski definition) is 6. The molecule has 1 aromatic heterocycles. The van der Waals surface area contributed by atoms with Gasteiger partial charge in [0.15, 0.2) is 11.5 Å². The van der Waals surface area contributed by atoms with Crippen molar-refractivity contribution in [2.75, 3.05) is 27.4 Å². The van der Waals surface area contributed by atoms with Gasteiger partial charge in [-0.1, -0.05) is 29.3 Å². The van der Waals surface area contributed by atoms with Crippen molar-refractivity contribution in [1.82, 2.24) is 9.88 Å². The Hall–Kier alpha value is -2.60. The molecule has 0 atom stereocenters. The van der Waals surface area contributed by atoms with Gasteiger partial charge >= 0.3 is 6.18 Å². The van der Waals surface area contributed by atoms with Crippen molar-refractivity contribution in [2.45, 2.75) is 59.2 Å². The molecule has 7 nitrogen and oxygen atoms in total. The molecule has 2 heterocycles. The molecule has 1 aliphatic rings. The van der Waals surface area contributed by atoms with E-state index in [2.05, 4.69) is 4.98 Å². The van der Waals surface area contributed by atoms with Crippen LogP contribution in [-0.2, 0) is 30.4 Å². The summed E-state index contributed by atoms with van der Waals surface area (Å²) in [5.74, 6) is -1.14. The number of carbonyl (C=O) groups excluding carboxylic acids is 1. The number of aliphatic hydroxyl groups is 2. The quantitative estimate of drug-likeness (QED) is 0.182. The summed E-state index contributed by atoms with van der Waals surface area (Å²) in [6.45, 7) is 5.38. The number of aromatic hydroxyl groups is 2. The van der Waals surface area contributed by atoms with Crippen molar-refractivity contribution >= 4 is 29.1 Å². The number of carbonyl (C=O) groups is 1. The molecule has 0 radical (unpaired) electrons. The zero-order valence-electron chi connectivity index (χ0n) is 23.0. The summed E-state index contributed by atoms with van der Waals surface area (Å²) in [7, 11) is 2.00. The first kappa shape index (κ1) is 37.4. The molecule has 4 N–H and O–H groups in total. The summed E-state index contributed by atoms with van der Waals surface area (Å²) in [4.78, 5) is 18.1. The summed E-state index contributed by atoms with van der Waals surface area (Å²) in [5.41, 5.74) is 2.06. The first-order valence-electron chi connectivity index (χ1n) is 12.1. The Morgan fingerprint density at radius 1 is 1.10 bits per heavy atom. The van der Waals surface area contributed by atoms with Gasteiger partial charge in [0.2, 0.25) is 5.91 Å². The van der Waals surface area contributed by atoms with E-state index in [-0.39, 0.29) is 35.6 Å². The molecule has 0 spiro atoms. The van der Waals surface area contributed by atoms with Crippen molar-refractivity contribution in [3.05, 3.63) is 61.9 Å². The molecule has 3 rings (SSSR count). The summed E-state index contributed by atoms with van der Waals surface area (Å²) in [6, 6.07) is 1.05. The standard InChI is InChI=1S/C20H19Cl2F3N2O3.C5H9F.2CH4O/c1-10-7-11(20(23,24)25)8-26-14(10)3-2-4-15(28)27-6-5-12-13(9-27)17(22)19(30)18(29)16(12)21;1-3-5(2)4-6;2*1-2/h7-8,29-30H,2-6,9H2,1H3;3H,4H2,1-2H3;2*2H,1H3/b;5-3+;;. The molecule has 40 heavy (non-hydrogen) atoms. The molecule has 1 aliphatic heterocycles. The van der Waals surface area contributed by atoms with Gasteiger partial charge in [-0.2, -0.15) is 13.2 Å². The number of hydrogen-bond donors (Lipinski definition) is 4. The van der Waals surface area contributed by atoms with Crippen molar-refractivity contribution in [2.24, 2.45) is 0 Å². The Balaban J connectivity index is 0.00000133. The lowest BCUT2D eigenvalue weighted by Gasteiger charge is -2.30. The second kappa shape index (κ2) is 18.0. The van der Waals surface area contributed by atoms with Crippen LogP contribution in [0.3, 0.4) is 0 Å². The predicted octanol–water partition coefficient (Wildman–Crippen LogP) is 6.17. The van der Waals surface area contributed by atoms with Crippen LogP contribution in [0.25, 0.3) is 0 Å². The molecule has 13 heteroatoms. The fourth-order valence-electron chi connectivity index (χ4n) is 3.58. The van der Waals surface area contributed by atoms with Gasteiger partial charge in [0, 0.05) is 45.6 Å². The third-order valence-electron chi connectivity index (χ3n) is 5.89. The zero-order valence-corrected chi connectivity index (χ0v) is 24.6. The molecule has 1 amide bonds. The Morgan fingerprint density at radius 3 is 2.10 bits per heavy atom. The van der Waals surface area contributed by atoms with Crippen LogP contribution in [0.4, 0.5) is 17.6 Å². The molecule has 0 bridgehead atoms. The maximum absolute atomic E-state index is 12.7. The topological polar surface area (TPSA) is 114 Å². The van der Waals surface area contributed by atoms with Gasteiger partial charge in [0.1, 0.15) is 6.67 Å². The van der Waals surface area contributed by atoms with E-state index < -0.39 is 23.2 Å². The van der Waals surface area contributed by atoms with Crippen LogP contribution in [0.1, 0.15) is 54.6 Å². The smallest absolute Gasteiger partial charge is 0.417 e. The number of phenolic OH excluding ortho intramolecular Hbond substituents is 2. The summed E-state index contributed by atoms with van der Waals surface area (Å²) < 4.78 is 49.5. The van der Waals surface area contributed by atoms with Crippen LogP contribution in [0.5, 0.6) is 11.5 Å². The highest BCUT2D eigenvalue weighted by Gasteiger charge is 2.31. The fourth-order valence-corrected chi connectivity index (χ4v) is 4.14. The highest BCUT2D eigenvalue weighted by atomic mass is 35.5. The number of aryl methyl sites for hydroxylation is 2. The number of rotatable bonds is 5. The van der Waals surface area contributed by atoms with Crippen LogP contribution in [-0.4, -0.2) is 63.7 Å².